The van der Waals surface area contributed by atoms with Crippen molar-refractivity contribution in [1.29, 1.82) is 0 Å². The Labute approximate surface area is 159 Å². The van der Waals surface area contributed by atoms with Gasteiger partial charge < -0.3 is 14.0 Å². The van der Waals surface area contributed by atoms with E-state index in [4.69, 9.17) is 14.0 Å². The van der Waals surface area contributed by atoms with Crippen molar-refractivity contribution in [3.8, 4) is 0 Å². The molecule has 1 aromatic carbocycles. The van der Waals surface area contributed by atoms with E-state index in [1.54, 1.807) is 0 Å². The SMILES string of the molecule is CC(C)OCCC(=C(F)B1OC(C)(C)C(C)(C)O1)c1ccc(Br)cc1. The van der Waals surface area contributed by atoms with Gasteiger partial charge >= 0.3 is 7.12 Å². The molecule has 6 heteroatoms. The second kappa shape index (κ2) is 7.91. The molecule has 1 aliphatic rings. The third kappa shape index (κ3) is 4.94. The van der Waals surface area contributed by atoms with Crippen LogP contribution >= 0.6 is 15.9 Å². The van der Waals surface area contributed by atoms with Gasteiger partial charge in [-0.2, -0.15) is 0 Å². The molecule has 1 saturated heterocycles. The Morgan fingerprint density at radius 2 is 1.64 bits per heavy atom. The largest absolute Gasteiger partial charge is 0.525 e. The molecule has 25 heavy (non-hydrogen) atoms. The Morgan fingerprint density at radius 3 is 2.12 bits per heavy atom. The van der Waals surface area contributed by atoms with Crippen molar-refractivity contribution in [2.75, 3.05) is 6.61 Å². The zero-order valence-electron chi connectivity index (χ0n) is 15.9. The van der Waals surface area contributed by atoms with Gasteiger partial charge in [0.25, 0.3) is 0 Å². The van der Waals surface area contributed by atoms with E-state index in [1.807, 2.05) is 65.8 Å². The quantitative estimate of drug-likeness (QED) is 0.571. The van der Waals surface area contributed by atoms with Crippen LogP contribution in [0.2, 0.25) is 0 Å². The molecule has 1 fully saturated rings. The molecule has 0 unspecified atom stereocenters. The third-order valence-electron chi connectivity index (χ3n) is 4.74. The van der Waals surface area contributed by atoms with Gasteiger partial charge in [0.05, 0.1) is 23.9 Å². The molecule has 0 aliphatic carbocycles. The van der Waals surface area contributed by atoms with Crippen molar-refractivity contribution in [1.82, 2.24) is 0 Å². The molecule has 0 radical (unpaired) electrons. The summed E-state index contributed by atoms with van der Waals surface area (Å²) in [6.07, 6.45) is 0.557. The van der Waals surface area contributed by atoms with Crippen molar-refractivity contribution in [2.45, 2.75) is 65.3 Å². The number of ether oxygens (including phenoxy) is 1. The fourth-order valence-corrected chi connectivity index (χ4v) is 2.80. The molecule has 0 atom stereocenters. The van der Waals surface area contributed by atoms with Crippen LogP contribution in [0.4, 0.5) is 4.39 Å². The number of hydrogen-bond donors (Lipinski definition) is 0. The van der Waals surface area contributed by atoms with Gasteiger partial charge in [0, 0.05) is 4.47 Å². The molecule has 0 saturated carbocycles. The summed E-state index contributed by atoms with van der Waals surface area (Å²) >= 11 is 3.42. The highest BCUT2D eigenvalue weighted by Crippen LogP contribution is 2.40. The van der Waals surface area contributed by atoms with Crippen molar-refractivity contribution >= 4 is 28.6 Å². The second-order valence-corrected chi connectivity index (χ2v) is 8.51. The number of benzene rings is 1. The molecular weight excluding hydrogens is 386 g/mol. The number of hydrogen-bond acceptors (Lipinski definition) is 3. The summed E-state index contributed by atoms with van der Waals surface area (Å²) in [5.41, 5.74) is -0.162. The molecule has 1 aromatic rings. The third-order valence-corrected chi connectivity index (χ3v) is 5.27. The molecule has 1 heterocycles. The van der Waals surface area contributed by atoms with Crippen LogP contribution < -0.4 is 0 Å². The lowest BCUT2D eigenvalue weighted by Crippen LogP contribution is -2.41. The smallest absolute Gasteiger partial charge is 0.398 e. The Bertz CT molecular complexity index is 610. The first-order chi connectivity index (χ1) is 11.5. The number of halogens is 2. The van der Waals surface area contributed by atoms with Crippen LogP contribution in [0.1, 0.15) is 53.5 Å². The lowest BCUT2D eigenvalue weighted by Gasteiger charge is -2.32. The van der Waals surface area contributed by atoms with Gasteiger partial charge in [-0.1, -0.05) is 28.1 Å². The van der Waals surface area contributed by atoms with Crippen LogP contribution in [0.15, 0.2) is 34.5 Å². The first-order valence-electron chi connectivity index (χ1n) is 8.65. The Hall–Kier alpha value is -0.685. The molecule has 0 aromatic heterocycles. The summed E-state index contributed by atoms with van der Waals surface area (Å²) in [7, 11) is -0.998. The van der Waals surface area contributed by atoms with E-state index in [0.717, 1.165) is 10.0 Å². The minimum atomic E-state index is -0.998. The zero-order chi connectivity index (χ0) is 18.8. The predicted molar refractivity (Wildman–Crippen MR) is 104 cm³/mol. The summed E-state index contributed by atoms with van der Waals surface area (Å²) in [6, 6.07) is 7.57. The van der Waals surface area contributed by atoms with Gasteiger partial charge in [0.1, 0.15) is 5.73 Å². The van der Waals surface area contributed by atoms with Crippen LogP contribution in [0, 0.1) is 0 Å². The topological polar surface area (TPSA) is 27.7 Å². The van der Waals surface area contributed by atoms with E-state index < -0.39 is 18.3 Å². The van der Waals surface area contributed by atoms with Crippen LogP contribution in [0.25, 0.3) is 5.57 Å². The minimum Gasteiger partial charge on any atom is -0.398 e. The summed E-state index contributed by atoms with van der Waals surface area (Å²) in [6.45, 7) is 12.0. The molecule has 3 nitrogen and oxygen atoms in total. The van der Waals surface area contributed by atoms with Crippen LogP contribution in [-0.2, 0) is 14.0 Å². The van der Waals surface area contributed by atoms with Gasteiger partial charge in [-0.25, -0.2) is 4.39 Å². The van der Waals surface area contributed by atoms with Gasteiger partial charge in [0.2, 0.25) is 0 Å². The lowest BCUT2D eigenvalue weighted by atomic mass is 9.82. The Morgan fingerprint density at radius 1 is 1.12 bits per heavy atom. The van der Waals surface area contributed by atoms with Crippen molar-refractivity contribution < 1.29 is 18.4 Å². The van der Waals surface area contributed by atoms with Crippen molar-refractivity contribution in [3.05, 3.63) is 40.0 Å². The van der Waals surface area contributed by atoms with E-state index in [2.05, 4.69) is 15.9 Å². The minimum absolute atomic E-state index is 0.103. The Kier molecular flexibility index (Phi) is 6.52. The van der Waals surface area contributed by atoms with Crippen molar-refractivity contribution in [3.63, 3.8) is 0 Å². The highest BCUT2D eigenvalue weighted by molar-refractivity contribution is 9.10. The molecule has 1 aliphatic heterocycles. The molecule has 138 valence electrons. The van der Waals surface area contributed by atoms with E-state index >= 15 is 4.39 Å². The molecular formula is C19H27BBrFO3. The van der Waals surface area contributed by atoms with Crippen LogP contribution in [0.5, 0.6) is 0 Å². The Balaban J connectivity index is 2.32. The average molecular weight is 413 g/mol. The highest BCUT2D eigenvalue weighted by Gasteiger charge is 2.53. The predicted octanol–water partition coefficient (Wildman–Crippen LogP) is 5.58. The molecule has 2 rings (SSSR count). The van der Waals surface area contributed by atoms with E-state index in [9.17, 15) is 0 Å². The first-order valence-corrected chi connectivity index (χ1v) is 9.44. The van der Waals surface area contributed by atoms with Gasteiger partial charge in [-0.05, 0) is 71.2 Å². The van der Waals surface area contributed by atoms with Crippen LogP contribution in [-0.4, -0.2) is 31.0 Å². The summed E-state index contributed by atoms with van der Waals surface area (Å²) in [4.78, 5) is 0. The fourth-order valence-electron chi connectivity index (χ4n) is 2.54. The second-order valence-electron chi connectivity index (χ2n) is 7.59. The zero-order valence-corrected chi connectivity index (χ0v) is 17.4. The molecule has 0 amide bonds. The van der Waals surface area contributed by atoms with Gasteiger partial charge in [-0.15, -0.1) is 0 Å². The fraction of sp³-hybridized carbons (Fsp3) is 0.579. The normalized spacial score (nSPS) is 20.1. The highest BCUT2D eigenvalue weighted by atomic mass is 79.9. The molecule has 0 bridgehead atoms. The van der Waals surface area contributed by atoms with Crippen LogP contribution in [0.3, 0.4) is 0 Å². The van der Waals surface area contributed by atoms with E-state index in [-0.39, 0.29) is 11.8 Å². The summed E-state index contributed by atoms with van der Waals surface area (Å²) < 4.78 is 33.7. The maximum atomic E-state index is 15.3. The average Bonchev–Trinajstić information content (AvgIpc) is 2.72. The van der Waals surface area contributed by atoms with Crippen molar-refractivity contribution in [2.24, 2.45) is 0 Å². The standard InChI is InChI=1S/C19H27BBrFO3/c1-13(2)23-12-11-16(14-7-9-15(21)10-8-14)17(22)20-24-18(3,4)19(5,6)25-20/h7-10,13H,11-12H2,1-6H3. The van der Waals surface area contributed by atoms with E-state index in [1.165, 1.54) is 0 Å². The molecule has 0 N–H and O–H groups in total. The number of rotatable bonds is 6. The monoisotopic (exact) mass is 412 g/mol. The summed E-state index contributed by atoms with van der Waals surface area (Å²) in [5.74, 6) is 0. The van der Waals surface area contributed by atoms with E-state index in [0.29, 0.717) is 18.6 Å². The first kappa shape index (κ1) is 20.6. The maximum Gasteiger partial charge on any atom is 0.525 e. The van der Waals surface area contributed by atoms with Gasteiger partial charge in [0.15, 0.2) is 0 Å². The molecule has 0 spiro atoms. The summed E-state index contributed by atoms with van der Waals surface area (Å²) in [5, 5.41) is 0. The lowest BCUT2D eigenvalue weighted by molar-refractivity contribution is 0.00578. The maximum absolute atomic E-state index is 15.3. The van der Waals surface area contributed by atoms with Gasteiger partial charge in [-0.3, -0.25) is 0 Å².